The molecule has 0 amide bonds. The van der Waals surface area contributed by atoms with Gasteiger partial charge < -0.3 is 11.1 Å². The largest absolute Gasteiger partial charge is 0.417 e. The maximum absolute atomic E-state index is 13.8. The molecule has 0 spiro atoms. The van der Waals surface area contributed by atoms with E-state index in [0.29, 0.717) is 32.9 Å². The summed E-state index contributed by atoms with van der Waals surface area (Å²) >= 11 is 8.08. The lowest BCUT2D eigenvalue weighted by Gasteiger charge is -2.17. The third-order valence-electron chi connectivity index (χ3n) is 4.91. The third-order valence-corrected chi connectivity index (χ3v) is 5.75. The average molecular weight is 583 g/mol. The lowest BCUT2D eigenvalue weighted by atomic mass is 9.98. The van der Waals surface area contributed by atoms with Crippen LogP contribution in [0.4, 0.5) is 24.8 Å². The summed E-state index contributed by atoms with van der Waals surface area (Å²) in [5, 5.41) is 12.0. The first-order chi connectivity index (χ1) is 15.7. The number of fused-ring (bicyclic) bond motifs is 1. The van der Waals surface area contributed by atoms with Gasteiger partial charge in [-0.15, -0.1) is 0 Å². The predicted octanol–water partition coefficient (Wildman–Crippen LogP) is 6.32. The van der Waals surface area contributed by atoms with Gasteiger partial charge in [0.2, 0.25) is 0 Å². The van der Waals surface area contributed by atoms with Crippen LogP contribution < -0.4 is 11.1 Å². The van der Waals surface area contributed by atoms with Gasteiger partial charge in [0, 0.05) is 17.5 Å². The van der Waals surface area contributed by atoms with Gasteiger partial charge in [-0.05, 0) is 46.4 Å². The van der Waals surface area contributed by atoms with E-state index in [0.717, 1.165) is 6.07 Å². The highest BCUT2D eigenvalue weighted by Crippen LogP contribution is 2.39. The van der Waals surface area contributed by atoms with Crippen molar-refractivity contribution in [1.29, 1.82) is 5.41 Å². The Hall–Kier alpha value is -2.99. The summed E-state index contributed by atoms with van der Waals surface area (Å²) in [5.74, 6) is 0.418. The number of hydrogen-bond acceptors (Lipinski definition) is 6. The van der Waals surface area contributed by atoms with E-state index in [1.54, 1.807) is 46.9 Å². The molecule has 0 aliphatic heterocycles. The van der Waals surface area contributed by atoms with Gasteiger partial charge in [0.1, 0.15) is 21.7 Å². The summed E-state index contributed by atoms with van der Waals surface area (Å²) in [5.41, 5.74) is 6.36. The second-order valence-corrected chi connectivity index (χ2v) is 8.49. The third kappa shape index (κ3) is 4.71. The van der Waals surface area contributed by atoms with Crippen LogP contribution in [0.2, 0.25) is 5.02 Å². The number of pyridine rings is 1. The highest BCUT2D eigenvalue weighted by molar-refractivity contribution is 14.1. The van der Waals surface area contributed by atoms with Crippen LogP contribution in [0.25, 0.3) is 22.2 Å². The Balaban J connectivity index is 1.88. The quantitative estimate of drug-likeness (QED) is 0.189. The molecule has 0 atom stereocenters. The highest BCUT2D eigenvalue weighted by atomic mass is 127. The molecule has 0 unspecified atom stereocenters. The monoisotopic (exact) mass is 582 g/mol. The van der Waals surface area contributed by atoms with E-state index in [2.05, 4.69) is 20.3 Å². The SMILES string of the molecule is N=C(I)c1c(N)ncnc1NCc1cc2cccc(Cl)c2nc1-c1ccccc1C(F)(F)F. The molecular formula is C22H15ClF3IN6. The number of benzene rings is 2. The number of nitrogens with one attached hydrogen (secondary N) is 2. The normalized spacial score (nSPS) is 11.5. The van der Waals surface area contributed by atoms with Crippen molar-refractivity contribution in [2.24, 2.45) is 0 Å². The highest BCUT2D eigenvalue weighted by Gasteiger charge is 2.34. The summed E-state index contributed by atoms with van der Waals surface area (Å²) in [6, 6.07) is 12.2. The summed E-state index contributed by atoms with van der Waals surface area (Å²) in [4.78, 5) is 12.6. The van der Waals surface area contributed by atoms with Crippen LogP contribution in [0.5, 0.6) is 0 Å². The van der Waals surface area contributed by atoms with Crippen LogP contribution in [0.1, 0.15) is 16.7 Å². The molecule has 11 heteroatoms. The van der Waals surface area contributed by atoms with Crippen molar-refractivity contribution in [1.82, 2.24) is 15.0 Å². The van der Waals surface area contributed by atoms with Crippen LogP contribution in [0, 0.1) is 5.41 Å². The molecule has 2 aromatic carbocycles. The second kappa shape index (κ2) is 9.10. The molecule has 0 aliphatic carbocycles. The number of rotatable bonds is 5. The number of nitrogen functional groups attached to an aromatic ring is 1. The Bertz CT molecular complexity index is 1380. The molecule has 0 fully saturated rings. The topological polar surface area (TPSA) is 101 Å². The van der Waals surface area contributed by atoms with Gasteiger partial charge >= 0.3 is 6.18 Å². The van der Waals surface area contributed by atoms with Crippen LogP contribution in [0.15, 0.2) is 54.9 Å². The first kappa shape index (κ1) is 23.2. The molecule has 4 aromatic rings. The number of aromatic nitrogens is 3. The zero-order valence-corrected chi connectivity index (χ0v) is 19.6. The molecule has 0 aliphatic rings. The number of anilines is 2. The van der Waals surface area contributed by atoms with Crippen LogP contribution in [-0.4, -0.2) is 18.7 Å². The molecule has 0 saturated heterocycles. The number of nitrogens with two attached hydrogens (primary N) is 1. The maximum atomic E-state index is 13.8. The molecule has 0 saturated carbocycles. The van der Waals surface area contributed by atoms with Gasteiger partial charge in [0.05, 0.1) is 27.4 Å². The second-order valence-electron chi connectivity index (χ2n) is 7.00. The summed E-state index contributed by atoms with van der Waals surface area (Å²) in [7, 11) is 0. The summed E-state index contributed by atoms with van der Waals surface area (Å²) < 4.78 is 41.4. The Kier molecular flexibility index (Phi) is 6.39. The predicted molar refractivity (Wildman–Crippen MR) is 132 cm³/mol. The molecule has 33 heavy (non-hydrogen) atoms. The van der Waals surface area contributed by atoms with Gasteiger partial charge in [-0.3, -0.25) is 5.41 Å². The van der Waals surface area contributed by atoms with Crippen molar-refractivity contribution in [3.05, 3.63) is 76.6 Å². The molecule has 2 aromatic heterocycles. The zero-order chi connectivity index (χ0) is 23.8. The first-order valence-corrected chi connectivity index (χ1v) is 11.0. The maximum Gasteiger partial charge on any atom is 0.417 e. The van der Waals surface area contributed by atoms with E-state index in [-0.39, 0.29) is 27.3 Å². The zero-order valence-electron chi connectivity index (χ0n) is 16.7. The average Bonchev–Trinajstić information content (AvgIpc) is 2.76. The van der Waals surface area contributed by atoms with Crippen molar-refractivity contribution in [2.45, 2.75) is 12.7 Å². The number of halogens is 5. The standard InChI is InChI=1S/C22H15ClF3IN6/c23-15-7-3-4-11-8-12(9-30-21-16(19(27)28)20(29)31-10-32-21)17(33-18(11)15)13-5-1-2-6-14(13)22(24,25)26/h1-8,10,28H,9H2,(H3,29,30,31,32). The minimum Gasteiger partial charge on any atom is -0.383 e. The summed E-state index contributed by atoms with van der Waals surface area (Å²) in [6.07, 6.45) is -3.32. The van der Waals surface area contributed by atoms with Crippen molar-refractivity contribution in [3.8, 4) is 11.3 Å². The Morgan fingerprint density at radius 2 is 1.88 bits per heavy atom. The minimum atomic E-state index is -4.57. The number of alkyl halides is 3. The summed E-state index contributed by atoms with van der Waals surface area (Å²) in [6.45, 7) is 0.0738. The lowest BCUT2D eigenvalue weighted by molar-refractivity contribution is -0.137. The van der Waals surface area contributed by atoms with Gasteiger partial charge in [-0.2, -0.15) is 13.2 Å². The Labute approximate surface area is 205 Å². The van der Waals surface area contributed by atoms with E-state index in [4.69, 9.17) is 22.7 Å². The van der Waals surface area contributed by atoms with E-state index >= 15 is 0 Å². The molecule has 2 heterocycles. The molecule has 6 nitrogen and oxygen atoms in total. The van der Waals surface area contributed by atoms with Crippen LogP contribution >= 0.6 is 34.2 Å². The van der Waals surface area contributed by atoms with Crippen molar-refractivity contribution in [3.63, 3.8) is 0 Å². The van der Waals surface area contributed by atoms with E-state index in [9.17, 15) is 13.2 Å². The number of nitrogens with zero attached hydrogens (tertiary/aromatic N) is 3. The first-order valence-electron chi connectivity index (χ1n) is 9.50. The van der Waals surface area contributed by atoms with Gasteiger partial charge in [0.25, 0.3) is 0 Å². The number of hydrogen-bond donors (Lipinski definition) is 3. The molecule has 4 N–H and O–H groups in total. The Morgan fingerprint density at radius 3 is 2.61 bits per heavy atom. The molecule has 0 bridgehead atoms. The van der Waals surface area contributed by atoms with E-state index < -0.39 is 11.7 Å². The van der Waals surface area contributed by atoms with E-state index in [1.165, 1.54) is 24.5 Å². The fraction of sp³-hybridized carbons (Fsp3) is 0.0909. The molecular weight excluding hydrogens is 568 g/mol. The van der Waals surface area contributed by atoms with E-state index in [1.807, 2.05) is 0 Å². The molecule has 0 radical (unpaired) electrons. The Morgan fingerprint density at radius 1 is 1.12 bits per heavy atom. The fourth-order valence-electron chi connectivity index (χ4n) is 3.44. The van der Waals surface area contributed by atoms with Gasteiger partial charge in [-0.1, -0.05) is 41.9 Å². The lowest BCUT2D eigenvalue weighted by Crippen LogP contribution is -2.12. The van der Waals surface area contributed by atoms with Gasteiger partial charge in [0.15, 0.2) is 0 Å². The van der Waals surface area contributed by atoms with Crippen molar-refractivity contribution < 1.29 is 13.2 Å². The fourth-order valence-corrected chi connectivity index (χ4v) is 4.20. The van der Waals surface area contributed by atoms with Crippen LogP contribution in [-0.2, 0) is 12.7 Å². The molecule has 168 valence electrons. The van der Waals surface area contributed by atoms with Crippen molar-refractivity contribution >= 4 is 60.4 Å². The molecule has 4 rings (SSSR count). The van der Waals surface area contributed by atoms with Crippen LogP contribution in [0.3, 0.4) is 0 Å². The smallest absolute Gasteiger partial charge is 0.383 e. The van der Waals surface area contributed by atoms with Gasteiger partial charge in [-0.25, -0.2) is 15.0 Å². The minimum absolute atomic E-state index is 0.0623. The number of para-hydroxylation sites is 1. The van der Waals surface area contributed by atoms with Crippen molar-refractivity contribution in [2.75, 3.05) is 11.1 Å².